The molecule has 0 bridgehead atoms. The molecule has 0 saturated heterocycles. The largest absolute Gasteiger partial charge is 0.396 e. The average molecular weight is 265 g/mol. The lowest BCUT2D eigenvalue weighted by Crippen LogP contribution is -2.03. The summed E-state index contributed by atoms with van der Waals surface area (Å²) in [4.78, 5) is 11.6. The second-order valence-electron chi connectivity index (χ2n) is 2.99. The van der Waals surface area contributed by atoms with E-state index in [1.165, 1.54) is 18.7 Å². The number of anilines is 1. The van der Waals surface area contributed by atoms with E-state index in [1.807, 2.05) is 0 Å². The predicted octanol–water partition coefficient (Wildman–Crippen LogP) is 1.66. The van der Waals surface area contributed by atoms with Gasteiger partial charge in [0.25, 0.3) is 0 Å². The maximum atomic E-state index is 11.5. The van der Waals surface area contributed by atoms with Crippen LogP contribution in [0.25, 0.3) is 0 Å². The van der Waals surface area contributed by atoms with Crippen LogP contribution in [-0.2, 0) is 9.84 Å². The Kier molecular flexibility index (Phi) is 3.47. The third kappa shape index (κ3) is 2.35. The number of hydrogen-bond acceptors (Lipinski definition) is 6. The van der Waals surface area contributed by atoms with Gasteiger partial charge in [-0.2, -0.15) is 0 Å². The van der Waals surface area contributed by atoms with E-state index in [9.17, 15) is 13.2 Å². The highest BCUT2D eigenvalue weighted by Gasteiger charge is 2.24. The fourth-order valence-electron chi connectivity index (χ4n) is 1.15. The first kappa shape index (κ1) is 12.5. The lowest BCUT2D eigenvalue weighted by atomic mass is 10.3. The first-order valence-corrected chi connectivity index (χ1v) is 7.89. The van der Waals surface area contributed by atoms with E-state index in [0.29, 0.717) is 9.09 Å². The highest BCUT2D eigenvalue weighted by Crippen LogP contribution is 2.40. The van der Waals surface area contributed by atoms with Gasteiger partial charge >= 0.3 is 0 Å². The minimum absolute atomic E-state index is 0.0827. The van der Waals surface area contributed by atoms with Crippen molar-refractivity contribution in [3.05, 3.63) is 4.88 Å². The number of thioether (sulfide) groups is 1. The lowest BCUT2D eigenvalue weighted by Gasteiger charge is -1.99. The van der Waals surface area contributed by atoms with E-state index in [0.717, 1.165) is 17.6 Å². The van der Waals surface area contributed by atoms with E-state index in [1.54, 1.807) is 6.26 Å². The molecule has 0 fully saturated rings. The Bertz CT molecular complexity index is 501. The standard InChI is InChI=1S/C8H11NO3S3/c1-4(10)6-5(9)7(15(3,11)12)8(13-2)14-6/h9H2,1-3H3. The molecule has 84 valence electrons. The zero-order valence-electron chi connectivity index (χ0n) is 8.53. The van der Waals surface area contributed by atoms with E-state index in [4.69, 9.17) is 5.73 Å². The summed E-state index contributed by atoms with van der Waals surface area (Å²) < 4.78 is 23.5. The van der Waals surface area contributed by atoms with Crippen LogP contribution in [0, 0.1) is 0 Å². The van der Waals surface area contributed by atoms with Crippen LogP contribution in [-0.4, -0.2) is 26.7 Å². The van der Waals surface area contributed by atoms with E-state index >= 15 is 0 Å². The van der Waals surface area contributed by atoms with Crippen molar-refractivity contribution in [3.8, 4) is 0 Å². The van der Waals surface area contributed by atoms with Gasteiger partial charge in [-0.25, -0.2) is 8.42 Å². The summed E-state index contributed by atoms with van der Waals surface area (Å²) in [6, 6.07) is 0. The van der Waals surface area contributed by atoms with Gasteiger partial charge < -0.3 is 5.73 Å². The Morgan fingerprint density at radius 2 is 2.00 bits per heavy atom. The smallest absolute Gasteiger partial charge is 0.179 e. The van der Waals surface area contributed by atoms with Crippen LogP contribution < -0.4 is 5.73 Å². The molecule has 0 aromatic carbocycles. The number of rotatable bonds is 3. The molecule has 1 aromatic heterocycles. The first-order chi connectivity index (χ1) is 6.79. The van der Waals surface area contributed by atoms with Gasteiger partial charge in [0, 0.05) is 13.2 Å². The number of thiophene rings is 1. The van der Waals surface area contributed by atoms with Crippen LogP contribution in [0.2, 0.25) is 0 Å². The van der Waals surface area contributed by atoms with Crippen LogP contribution in [0.3, 0.4) is 0 Å². The molecule has 4 nitrogen and oxygen atoms in total. The number of carbonyl (C=O) groups excluding carboxylic acids is 1. The number of carbonyl (C=O) groups is 1. The number of nitrogens with two attached hydrogens (primary N) is 1. The summed E-state index contributed by atoms with van der Waals surface area (Å²) in [6.45, 7) is 1.37. The van der Waals surface area contributed by atoms with Crippen LogP contribution in [0.1, 0.15) is 16.6 Å². The topological polar surface area (TPSA) is 77.2 Å². The Hall–Kier alpha value is -0.530. The highest BCUT2D eigenvalue weighted by atomic mass is 32.2. The molecule has 0 unspecified atom stereocenters. The fraction of sp³-hybridized carbons (Fsp3) is 0.375. The molecule has 1 aromatic rings. The van der Waals surface area contributed by atoms with E-state index in [-0.39, 0.29) is 16.4 Å². The molecule has 15 heavy (non-hydrogen) atoms. The van der Waals surface area contributed by atoms with Crippen LogP contribution in [0.5, 0.6) is 0 Å². The van der Waals surface area contributed by atoms with Gasteiger partial charge in [-0.15, -0.1) is 23.1 Å². The molecule has 2 N–H and O–H groups in total. The molecular weight excluding hydrogens is 254 g/mol. The summed E-state index contributed by atoms with van der Waals surface area (Å²) in [7, 11) is -3.38. The average Bonchev–Trinajstić information content (AvgIpc) is 2.41. The van der Waals surface area contributed by atoms with Crippen LogP contribution in [0.4, 0.5) is 5.69 Å². The number of nitrogen functional groups attached to an aromatic ring is 1. The van der Waals surface area contributed by atoms with E-state index < -0.39 is 9.84 Å². The normalized spacial score (nSPS) is 11.7. The second kappa shape index (κ2) is 4.15. The first-order valence-electron chi connectivity index (χ1n) is 3.96. The maximum absolute atomic E-state index is 11.5. The lowest BCUT2D eigenvalue weighted by molar-refractivity contribution is 0.102. The van der Waals surface area contributed by atoms with Gasteiger partial charge in [-0.05, 0) is 6.26 Å². The summed E-state index contributed by atoms with van der Waals surface area (Å²) >= 11 is 2.41. The minimum atomic E-state index is -3.38. The Morgan fingerprint density at radius 1 is 1.47 bits per heavy atom. The molecule has 0 atom stereocenters. The molecule has 0 radical (unpaired) electrons. The van der Waals surface area contributed by atoms with Gasteiger partial charge in [0.15, 0.2) is 15.6 Å². The predicted molar refractivity (Wildman–Crippen MR) is 63.6 cm³/mol. The Morgan fingerprint density at radius 3 is 2.27 bits per heavy atom. The van der Waals surface area contributed by atoms with Crippen molar-refractivity contribution < 1.29 is 13.2 Å². The number of sulfone groups is 1. The van der Waals surface area contributed by atoms with Crippen molar-refractivity contribution in [1.82, 2.24) is 0 Å². The SMILES string of the molecule is CSc1sc(C(C)=O)c(N)c1S(C)(=O)=O. The maximum Gasteiger partial charge on any atom is 0.179 e. The molecule has 7 heteroatoms. The van der Waals surface area contributed by atoms with Crippen molar-refractivity contribution in [3.63, 3.8) is 0 Å². The van der Waals surface area contributed by atoms with Gasteiger partial charge in [0.1, 0.15) is 4.90 Å². The van der Waals surface area contributed by atoms with Crippen LogP contribution >= 0.6 is 23.1 Å². The van der Waals surface area contributed by atoms with Crippen molar-refractivity contribution in [2.24, 2.45) is 0 Å². The Labute approximate surface area is 96.8 Å². The minimum Gasteiger partial charge on any atom is -0.396 e. The zero-order chi connectivity index (χ0) is 11.8. The molecule has 1 heterocycles. The number of Topliss-reactive ketones (excluding diaryl/α,β-unsaturated/α-hetero) is 1. The summed E-state index contributed by atoms with van der Waals surface area (Å²) in [5.41, 5.74) is 5.75. The zero-order valence-corrected chi connectivity index (χ0v) is 11.0. The highest BCUT2D eigenvalue weighted by molar-refractivity contribution is 8.01. The van der Waals surface area contributed by atoms with Gasteiger partial charge in [0.2, 0.25) is 0 Å². The second-order valence-corrected chi connectivity index (χ2v) is 7.04. The molecule has 0 aliphatic heterocycles. The van der Waals surface area contributed by atoms with Crippen LogP contribution in [0.15, 0.2) is 9.10 Å². The van der Waals surface area contributed by atoms with Gasteiger partial charge in [-0.3, -0.25) is 4.79 Å². The fourth-order valence-corrected chi connectivity index (χ4v) is 4.93. The number of ketones is 1. The quantitative estimate of drug-likeness (QED) is 0.664. The molecule has 1 rings (SSSR count). The van der Waals surface area contributed by atoms with Gasteiger partial charge in [-0.1, -0.05) is 0 Å². The molecule has 0 spiro atoms. The molecule has 0 aliphatic carbocycles. The van der Waals surface area contributed by atoms with Crippen molar-refractivity contribution in [2.45, 2.75) is 16.0 Å². The summed E-state index contributed by atoms with van der Waals surface area (Å²) in [5.74, 6) is -0.206. The monoisotopic (exact) mass is 265 g/mol. The van der Waals surface area contributed by atoms with Crippen molar-refractivity contribution in [1.29, 1.82) is 0 Å². The molecule has 0 aliphatic rings. The third-order valence-corrected chi connectivity index (χ3v) is 5.60. The van der Waals surface area contributed by atoms with Crippen molar-refractivity contribution in [2.75, 3.05) is 18.2 Å². The Balaban J connectivity index is 3.58. The number of hydrogen-bond donors (Lipinski definition) is 1. The van der Waals surface area contributed by atoms with E-state index in [2.05, 4.69) is 0 Å². The summed E-state index contributed by atoms with van der Waals surface area (Å²) in [5, 5.41) is 0. The molecule has 0 saturated carbocycles. The van der Waals surface area contributed by atoms with Crippen molar-refractivity contribution >= 4 is 44.4 Å². The third-order valence-electron chi connectivity index (χ3n) is 1.75. The summed E-state index contributed by atoms with van der Waals surface area (Å²) in [6.07, 6.45) is 2.85. The van der Waals surface area contributed by atoms with Gasteiger partial charge in [0.05, 0.1) is 14.8 Å². The molecular formula is C8H11NO3S3. The molecule has 0 amide bonds.